The Hall–Kier alpha value is -2.28. The van der Waals surface area contributed by atoms with Crippen LogP contribution in [0.2, 0.25) is 0 Å². The molecule has 0 bridgehead atoms. The first kappa shape index (κ1) is 15.6. The lowest BCUT2D eigenvalue weighted by Gasteiger charge is -2.14. The highest BCUT2D eigenvalue weighted by atomic mass is 16.2. The first-order valence-electron chi connectivity index (χ1n) is 7.88. The monoisotopic (exact) mass is 314 g/mol. The highest BCUT2D eigenvalue weighted by Crippen LogP contribution is 2.35. The van der Waals surface area contributed by atoms with E-state index in [1.165, 1.54) is 0 Å². The largest absolute Gasteiger partial charge is 0.345 e. The quantitative estimate of drug-likeness (QED) is 0.875. The maximum absolute atomic E-state index is 12.0. The maximum Gasteiger partial charge on any atom is 0.253 e. The number of nitrogens with zero attached hydrogens (tertiary/aromatic N) is 5. The fourth-order valence-electron chi connectivity index (χ4n) is 2.50. The smallest absolute Gasteiger partial charge is 0.253 e. The number of hydrogen-bond acceptors (Lipinski definition) is 5. The summed E-state index contributed by atoms with van der Waals surface area (Å²) < 4.78 is 1.92. The molecule has 1 aliphatic rings. The molecule has 122 valence electrons. The van der Waals surface area contributed by atoms with Gasteiger partial charge in [-0.3, -0.25) is 4.79 Å². The fraction of sp³-hybridized carbons (Fsp3) is 0.500. The number of benzene rings is 1. The summed E-state index contributed by atoms with van der Waals surface area (Å²) in [6.45, 7) is 2.71. The summed E-state index contributed by atoms with van der Waals surface area (Å²) in [5.41, 5.74) is 1.76. The van der Waals surface area contributed by atoms with Gasteiger partial charge in [0.15, 0.2) is 5.82 Å². The Balaban J connectivity index is 1.65. The zero-order chi connectivity index (χ0) is 16.4. The first-order valence-corrected chi connectivity index (χ1v) is 7.88. The number of tetrazole rings is 1. The predicted octanol–water partition coefficient (Wildman–Crippen LogP) is 1.56. The van der Waals surface area contributed by atoms with Crippen LogP contribution in [-0.4, -0.2) is 45.1 Å². The van der Waals surface area contributed by atoms with Crippen molar-refractivity contribution in [2.24, 2.45) is 0 Å². The van der Waals surface area contributed by atoms with Crippen LogP contribution in [0.4, 0.5) is 0 Å². The number of aromatic nitrogens is 4. The first-order chi connectivity index (χ1) is 11.1. The van der Waals surface area contributed by atoms with E-state index in [1.807, 2.05) is 28.9 Å². The number of nitrogens with one attached hydrogen (secondary N) is 1. The lowest BCUT2D eigenvalue weighted by Crippen LogP contribution is -2.23. The van der Waals surface area contributed by atoms with Gasteiger partial charge in [-0.1, -0.05) is 12.1 Å². The third kappa shape index (κ3) is 3.56. The summed E-state index contributed by atoms with van der Waals surface area (Å²) in [5.74, 6) is 0.880. The number of hydrogen-bond donors (Lipinski definition) is 1. The zero-order valence-electron chi connectivity index (χ0n) is 13.7. The van der Waals surface area contributed by atoms with Crippen LogP contribution in [0.3, 0.4) is 0 Å². The number of rotatable bonds is 6. The molecule has 0 aliphatic heterocycles. The van der Waals surface area contributed by atoms with Gasteiger partial charge in [-0.05, 0) is 47.9 Å². The Morgan fingerprint density at radius 3 is 2.91 bits per heavy atom. The van der Waals surface area contributed by atoms with Crippen LogP contribution in [0, 0.1) is 0 Å². The molecule has 1 aromatic heterocycles. The van der Waals surface area contributed by atoms with Crippen molar-refractivity contribution in [3.8, 4) is 0 Å². The molecule has 0 radical (unpaired) electrons. The topological polar surface area (TPSA) is 75.9 Å². The fourth-order valence-corrected chi connectivity index (χ4v) is 2.50. The van der Waals surface area contributed by atoms with E-state index in [1.54, 1.807) is 19.0 Å². The second-order valence-electron chi connectivity index (χ2n) is 6.22. The molecule has 1 atom stereocenters. The van der Waals surface area contributed by atoms with Crippen molar-refractivity contribution in [2.75, 3.05) is 14.1 Å². The second-order valence-corrected chi connectivity index (χ2v) is 6.22. The highest BCUT2D eigenvalue weighted by molar-refractivity contribution is 5.94. The average Bonchev–Trinajstić information content (AvgIpc) is 3.28. The van der Waals surface area contributed by atoms with Crippen LogP contribution in [0.5, 0.6) is 0 Å². The van der Waals surface area contributed by atoms with Gasteiger partial charge in [0.05, 0.1) is 12.1 Å². The number of carbonyl (C=O) groups excluding carboxylic acids is 1. The Kier molecular flexibility index (Phi) is 4.38. The van der Waals surface area contributed by atoms with Gasteiger partial charge < -0.3 is 10.2 Å². The summed E-state index contributed by atoms with van der Waals surface area (Å²) in [6, 6.07) is 8.20. The SMILES string of the molecule is C[C@@H](NCc1cccc(C(=O)N(C)C)c1)c1nnnn1C1CC1. The molecule has 1 fully saturated rings. The van der Waals surface area contributed by atoms with E-state index in [9.17, 15) is 4.79 Å². The summed E-state index contributed by atoms with van der Waals surface area (Å²) in [4.78, 5) is 13.6. The minimum Gasteiger partial charge on any atom is -0.345 e. The molecule has 2 aromatic rings. The Bertz CT molecular complexity index is 691. The van der Waals surface area contributed by atoms with E-state index in [-0.39, 0.29) is 11.9 Å². The number of carbonyl (C=O) groups is 1. The van der Waals surface area contributed by atoms with E-state index in [4.69, 9.17) is 0 Å². The molecular weight excluding hydrogens is 292 g/mol. The van der Waals surface area contributed by atoms with Crippen LogP contribution in [0.15, 0.2) is 24.3 Å². The van der Waals surface area contributed by atoms with Gasteiger partial charge in [0.1, 0.15) is 0 Å². The van der Waals surface area contributed by atoms with Crippen molar-refractivity contribution < 1.29 is 4.79 Å². The van der Waals surface area contributed by atoms with Gasteiger partial charge >= 0.3 is 0 Å². The predicted molar refractivity (Wildman–Crippen MR) is 85.8 cm³/mol. The van der Waals surface area contributed by atoms with E-state index in [2.05, 4.69) is 27.8 Å². The standard InChI is InChI=1S/C16H22N6O/c1-11(15-18-19-20-22(15)14-7-8-14)17-10-12-5-4-6-13(9-12)16(23)21(2)3/h4-6,9,11,14,17H,7-8,10H2,1-3H3/t11-/m1/s1. The minimum atomic E-state index is 0.0116. The Morgan fingerprint density at radius 1 is 1.43 bits per heavy atom. The normalized spacial score (nSPS) is 15.4. The van der Waals surface area contributed by atoms with Gasteiger partial charge in [-0.2, -0.15) is 0 Å². The summed E-state index contributed by atoms with van der Waals surface area (Å²) in [5, 5.41) is 15.4. The van der Waals surface area contributed by atoms with E-state index < -0.39 is 0 Å². The van der Waals surface area contributed by atoms with Crippen molar-refractivity contribution in [2.45, 2.75) is 38.4 Å². The van der Waals surface area contributed by atoms with Crippen molar-refractivity contribution in [3.05, 3.63) is 41.2 Å². The molecule has 3 rings (SSSR count). The maximum atomic E-state index is 12.0. The van der Waals surface area contributed by atoms with E-state index >= 15 is 0 Å². The van der Waals surface area contributed by atoms with Gasteiger partial charge in [0.2, 0.25) is 0 Å². The van der Waals surface area contributed by atoms with Crippen LogP contribution in [0.1, 0.15) is 53.6 Å². The summed E-state index contributed by atoms with van der Waals surface area (Å²) in [7, 11) is 3.51. The van der Waals surface area contributed by atoms with Crippen molar-refractivity contribution in [1.82, 2.24) is 30.4 Å². The minimum absolute atomic E-state index is 0.0116. The molecule has 0 spiro atoms. The molecule has 0 saturated heterocycles. The van der Waals surface area contributed by atoms with Gasteiger partial charge in [-0.15, -0.1) is 5.10 Å². The second kappa shape index (κ2) is 6.45. The Morgan fingerprint density at radius 2 is 2.22 bits per heavy atom. The Labute approximate surface area is 135 Å². The van der Waals surface area contributed by atoms with Gasteiger partial charge in [-0.25, -0.2) is 4.68 Å². The van der Waals surface area contributed by atoms with Crippen molar-refractivity contribution in [3.63, 3.8) is 0 Å². The molecule has 1 N–H and O–H groups in total. The van der Waals surface area contributed by atoms with Crippen LogP contribution in [-0.2, 0) is 6.54 Å². The average molecular weight is 314 g/mol. The van der Waals surface area contributed by atoms with E-state index in [0.29, 0.717) is 18.2 Å². The van der Waals surface area contributed by atoms with Crippen LogP contribution in [0.25, 0.3) is 0 Å². The molecule has 23 heavy (non-hydrogen) atoms. The molecule has 1 aliphatic carbocycles. The number of amides is 1. The van der Waals surface area contributed by atoms with Crippen LogP contribution < -0.4 is 5.32 Å². The lowest BCUT2D eigenvalue weighted by atomic mass is 10.1. The molecule has 7 nitrogen and oxygen atoms in total. The molecule has 0 unspecified atom stereocenters. The molecular formula is C16H22N6O. The third-order valence-electron chi connectivity index (χ3n) is 3.99. The van der Waals surface area contributed by atoms with Crippen molar-refractivity contribution in [1.29, 1.82) is 0 Å². The molecule has 1 aromatic carbocycles. The van der Waals surface area contributed by atoms with Crippen molar-refractivity contribution >= 4 is 5.91 Å². The summed E-state index contributed by atoms with van der Waals surface area (Å²) in [6.07, 6.45) is 2.30. The van der Waals surface area contributed by atoms with Gasteiger partial charge in [0, 0.05) is 26.2 Å². The third-order valence-corrected chi connectivity index (χ3v) is 3.99. The molecule has 1 amide bonds. The summed E-state index contributed by atoms with van der Waals surface area (Å²) >= 11 is 0. The molecule has 1 heterocycles. The highest BCUT2D eigenvalue weighted by Gasteiger charge is 2.29. The van der Waals surface area contributed by atoms with Gasteiger partial charge in [0.25, 0.3) is 5.91 Å². The zero-order valence-corrected chi connectivity index (χ0v) is 13.7. The lowest BCUT2D eigenvalue weighted by molar-refractivity contribution is 0.0827. The molecule has 1 saturated carbocycles. The van der Waals surface area contributed by atoms with E-state index in [0.717, 1.165) is 24.2 Å². The molecule has 7 heteroatoms. The van der Waals surface area contributed by atoms with Crippen LogP contribution >= 0.6 is 0 Å².